The van der Waals surface area contributed by atoms with E-state index in [9.17, 15) is 4.79 Å². The van der Waals surface area contributed by atoms with Crippen molar-refractivity contribution in [2.45, 2.75) is 32.7 Å². The molecule has 0 radical (unpaired) electrons. The maximum Gasteiger partial charge on any atom is 0.293 e. The highest BCUT2D eigenvalue weighted by molar-refractivity contribution is 5.35. The van der Waals surface area contributed by atoms with Gasteiger partial charge in [-0.05, 0) is 26.2 Å². The van der Waals surface area contributed by atoms with E-state index in [0.29, 0.717) is 5.82 Å². The largest absolute Gasteiger partial charge is 0.369 e. The van der Waals surface area contributed by atoms with Crippen molar-refractivity contribution in [1.82, 2.24) is 9.55 Å². The van der Waals surface area contributed by atoms with Crippen LogP contribution >= 0.6 is 0 Å². The van der Waals surface area contributed by atoms with Gasteiger partial charge in [-0.3, -0.25) is 4.79 Å². The van der Waals surface area contributed by atoms with Crippen molar-refractivity contribution in [3.8, 4) is 0 Å². The number of anilines is 1. The fourth-order valence-corrected chi connectivity index (χ4v) is 2.05. The third kappa shape index (κ3) is 1.22. The smallest absolute Gasteiger partial charge is 0.293 e. The lowest BCUT2D eigenvalue weighted by atomic mass is 10.3. The van der Waals surface area contributed by atoms with E-state index in [1.54, 1.807) is 7.05 Å². The fourth-order valence-electron chi connectivity index (χ4n) is 2.05. The van der Waals surface area contributed by atoms with Gasteiger partial charge in [0.15, 0.2) is 5.82 Å². The molecule has 0 saturated heterocycles. The second-order valence-electron chi connectivity index (χ2n) is 3.51. The molecule has 0 spiro atoms. The van der Waals surface area contributed by atoms with Gasteiger partial charge in [0.05, 0.1) is 5.69 Å². The molecule has 1 heterocycles. The molecule has 0 amide bonds. The first-order chi connectivity index (χ1) is 6.77. The topological polar surface area (TPSA) is 46.9 Å². The first-order valence-electron chi connectivity index (χ1n) is 5.08. The number of fused-ring (bicyclic) bond motifs is 1. The van der Waals surface area contributed by atoms with Gasteiger partial charge in [0.2, 0.25) is 0 Å². The van der Waals surface area contributed by atoms with Crippen molar-refractivity contribution in [2.24, 2.45) is 0 Å². The summed E-state index contributed by atoms with van der Waals surface area (Å²) in [5.41, 5.74) is 2.24. The van der Waals surface area contributed by atoms with Crippen LogP contribution in [0.25, 0.3) is 0 Å². The number of nitrogens with one attached hydrogen (secondary N) is 1. The Hall–Kier alpha value is -1.32. The molecule has 76 valence electrons. The molecule has 0 unspecified atom stereocenters. The lowest BCUT2D eigenvalue weighted by Crippen LogP contribution is -2.26. The van der Waals surface area contributed by atoms with Crippen molar-refractivity contribution < 1.29 is 0 Å². The molecular weight excluding hydrogens is 178 g/mol. The van der Waals surface area contributed by atoms with Crippen LogP contribution in [0.1, 0.15) is 24.7 Å². The van der Waals surface area contributed by atoms with Crippen molar-refractivity contribution in [3.05, 3.63) is 21.7 Å². The number of rotatable bonds is 2. The van der Waals surface area contributed by atoms with E-state index >= 15 is 0 Å². The van der Waals surface area contributed by atoms with E-state index in [4.69, 9.17) is 0 Å². The summed E-state index contributed by atoms with van der Waals surface area (Å²) in [5.74, 6) is 0.479. The Morgan fingerprint density at radius 1 is 1.50 bits per heavy atom. The molecule has 0 saturated carbocycles. The van der Waals surface area contributed by atoms with Crippen LogP contribution in [-0.2, 0) is 19.4 Å². The van der Waals surface area contributed by atoms with Crippen LogP contribution in [0.5, 0.6) is 0 Å². The maximum atomic E-state index is 11.8. The van der Waals surface area contributed by atoms with Crippen LogP contribution < -0.4 is 10.9 Å². The second kappa shape index (κ2) is 3.44. The molecule has 1 N–H and O–H groups in total. The molecule has 4 heteroatoms. The molecule has 0 atom stereocenters. The predicted molar refractivity (Wildman–Crippen MR) is 55.7 cm³/mol. The molecule has 2 rings (SSSR count). The molecule has 1 aromatic rings. The molecule has 1 aliphatic carbocycles. The van der Waals surface area contributed by atoms with Crippen molar-refractivity contribution >= 4 is 5.82 Å². The summed E-state index contributed by atoms with van der Waals surface area (Å²) >= 11 is 0. The SMILES string of the molecule is CCn1c2c(nc(NC)c1=O)CCC2. The number of hydrogen-bond acceptors (Lipinski definition) is 3. The molecule has 0 aromatic carbocycles. The van der Waals surface area contributed by atoms with E-state index in [-0.39, 0.29) is 5.56 Å². The van der Waals surface area contributed by atoms with Crippen LogP contribution in [0.3, 0.4) is 0 Å². The Morgan fingerprint density at radius 2 is 2.29 bits per heavy atom. The quantitative estimate of drug-likeness (QED) is 0.755. The van der Waals surface area contributed by atoms with Gasteiger partial charge in [-0.25, -0.2) is 4.98 Å². The van der Waals surface area contributed by atoms with Gasteiger partial charge in [0.25, 0.3) is 5.56 Å². The van der Waals surface area contributed by atoms with Crippen molar-refractivity contribution in [3.63, 3.8) is 0 Å². The zero-order chi connectivity index (χ0) is 10.1. The zero-order valence-corrected chi connectivity index (χ0v) is 8.63. The van der Waals surface area contributed by atoms with Gasteiger partial charge in [-0.15, -0.1) is 0 Å². The fraction of sp³-hybridized carbons (Fsp3) is 0.600. The van der Waals surface area contributed by atoms with Crippen molar-refractivity contribution in [2.75, 3.05) is 12.4 Å². The van der Waals surface area contributed by atoms with E-state index in [2.05, 4.69) is 10.3 Å². The third-order valence-electron chi connectivity index (χ3n) is 2.73. The monoisotopic (exact) mass is 193 g/mol. The summed E-state index contributed by atoms with van der Waals surface area (Å²) in [7, 11) is 1.74. The van der Waals surface area contributed by atoms with Crippen LogP contribution in [0, 0.1) is 0 Å². The average molecular weight is 193 g/mol. The number of nitrogens with zero attached hydrogens (tertiary/aromatic N) is 2. The minimum atomic E-state index is 0.00986. The van der Waals surface area contributed by atoms with Crippen molar-refractivity contribution in [1.29, 1.82) is 0 Å². The van der Waals surface area contributed by atoms with E-state index in [1.165, 1.54) is 0 Å². The Kier molecular flexibility index (Phi) is 2.27. The minimum absolute atomic E-state index is 0.00986. The summed E-state index contributed by atoms with van der Waals surface area (Å²) < 4.78 is 1.83. The number of hydrogen-bond donors (Lipinski definition) is 1. The number of aromatic nitrogens is 2. The standard InChI is InChI=1S/C10H15N3O/c1-3-13-8-6-4-5-7(8)12-9(11-2)10(13)14/h3-6H2,1-2H3,(H,11,12). The predicted octanol–water partition coefficient (Wildman–Crippen LogP) is 0.794. The van der Waals surface area contributed by atoms with Gasteiger partial charge >= 0.3 is 0 Å². The minimum Gasteiger partial charge on any atom is -0.369 e. The summed E-state index contributed by atoms with van der Waals surface area (Å²) in [5, 5.41) is 2.86. The van der Waals surface area contributed by atoms with E-state index < -0.39 is 0 Å². The molecule has 14 heavy (non-hydrogen) atoms. The van der Waals surface area contributed by atoms with Crippen LogP contribution in [0.4, 0.5) is 5.82 Å². The highest BCUT2D eigenvalue weighted by Gasteiger charge is 2.19. The molecule has 4 nitrogen and oxygen atoms in total. The van der Waals surface area contributed by atoms with Gasteiger partial charge in [-0.2, -0.15) is 0 Å². The van der Waals surface area contributed by atoms with Crippen LogP contribution in [-0.4, -0.2) is 16.6 Å². The van der Waals surface area contributed by atoms with Crippen LogP contribution in [0.15, 0.2) is 4.79 Å². The molecular formula is C10H15N3O. The van der Waals surface area contributed by atoms with Crippen LogP contribution in [0.2, 0.25) is 0 Å². The summed E-state index contributed by atoms with van der Waals surface area (Å²) in [4.78, 5) is 16.2. The summed E-state index contributed by atoms with van der Waals surface area (Å²) in [6.45, 7) is 2.73. The number of aryl methyl sites for hydroxylation is 1. The second-order valence-corrected chi connectivity index (χ2v) is 3.51. The third-order valence-corrected chi connectivity index (χ3v) is 2.73. The van der Waals surface area contributed by atoms with Gasteiger partial charge in [0.1, 0.15) is 0 Å². The van der Waals surface area contributed by atoms with E-state index in [1.807, 2.05) is 11.5 Å². The maximum absolute atomic E-state index is 11.8. The molecule has 1 aromatic heterocycles. The molecule has 0 fully saturated rings. The molecule has 0 aliphatic heterocycles. The first kappa shape index (κ1) is 9.24. The molecule has 1 aliphatic rings. The Morgan fingerprint density at radius 3 is 2.93 bits per heavy atom. The lowest BCUT2D eigenvalue weighted by molar-refractivity contribution is 0.675. The zero-order valence-electron chi connectivity index (χ0n) is 8.63. The van der Waals surface area contributed by atoms with Gasteiger partial charge in [-0.1, -0.05) is 0 Å². The lowest BCUT2D eigenvalue weighted by Gasteiger charge is -2.11. The summed E-state index contributed by atoms with van der Waals surface area (Å²) in [6.07, 6.45) is 3.12. The normalized spacial score (nSPS) is 14.1. The highest BCUT2D eigenvalue weighted by atomic mass is 16.1. The summed E-state index contributed by atoms with van der Waals surface area (Å²) in [6, 6.07) is 0. The average Bonchev–Trinajstić information content (AvgIpc) is 2.64. The van der Waals surface area contributed by atoms with E-state index in [0.717, 1.165) is 37.2 Å². The van der Waals surface area contributed by atoms with Gasteiger partial charge in [0, 0.05) is 19.3 Å². The molecule has 0 bridgehead atoms. The van der Waals surface area contributed by atoms with Gasteiger partial charge < -0.3 is 9.88 Å². The Bertz CT molecular complexity index is 409. The first-order valence-corrected chi connectivity index (χ1v) is 5.08. The Labute approximate surface area is 83.0 Å². The Balaban J connectivity index is 2.67. The highest BCUT2D eigenvalue weighted by Crippen LogP contribution is 2.19.